The van der Waals surface area contributed by atoms with Crippen molar-refractivity contribution < 1.29 is 14.3 Å². The first-order valence-corrected chi connectivity index (χ1v) is 10.0. The molecule has 0 saturated carbocycles. The van der Waals surface area contributed by atoms with Crippen LogP contribution in [0.1, 0.15) is 46.4 Å². The third-order valence-electron chi connectivity index (χ3n) is 5.43. The molecular weight excluding hydrogens is 364 g/mol. The Morgan fingerprint density at radius 1 is 1.07 bits per heavy atom. The fourth-order valence-electron chi connectivity index (χ4n) is 3.86. The molecule has 0 unspecified atom stereocenters. The van der Waals surface area contributed by atoms with Crippen LogP contribution < -0.4 is 5.32 Å². The monoisotopic (exact) mass is 388 g/mol. The number of esters is 1. The number of para-hydroxylation sites is 1. The van der Waals surface area contributed by atoms with Gasteiger partial charge in [0.25, 0.3) is 5.91 Å². The highest BCUT2D eigenvalue weighted by molar-refractivity contribution is 6.05. The molecule has 1 aliphatic carbocycles. The zero-order valence-electron chi connectivity index (χ0n) is 16.5. The molecule has 5 heteroatoms. The third kappa shape index (κ3) is 4.14. The standard InChI is InChI=1S/C24H24N2O3/c1-16(17-8-3-2-4-9-17)14-25-22(27)15-29-24(28)23-18-10-5-6-12-20(18)26-21-13-7-11-19(21)23/h2-6,8-10,12,16H,7,11,13-15H2,1H3,(H,25,27)/t16-/m1/s1. The second-order valence-corrected chi connectivity index (χ2v) is 7.47. The number of aryl methyl sites for hydroxylation is 1. The van der Waals surface area contributed by atoms with Crippen molar-refractivity contribution in [2.75, 3.05) is 13.2 Å². The van der Waals surface area contributed by atoms with Gasteiger partial charge in [0.2, 0.25) is 0 Å². The number of nitrogens with zero attached hydrogens (tertiary/aromatic N) is 1. The van der Waals surface area contributed by atoms with Crippen molar-refractivity contribution in [1.29, 1.82) is 0 Å². The molecule has 0 aliphatic heterocycles. The number of hydrogen-bond donors (Lipinski definition) is 1. The fraction of sp³-hybridized carbons (Fsp3) is 0.292. The highest BCUT2D eigenvalue weighted by atomic mass is 16.5. The molecule has 5 nitrogen and oxygen atoms in total. The molecule has 0 spiro atoms. The minimum Gasteiger partial charge on any atom is -0.452 e. The molecule has 2 aromatic carbocycles. The van der Waals surface area contributed by atoms with Crippen LogP contribution >= 0.6 is 0 Å². The number of aromatic nitrogens is 1. The van der Waals surface area contributed by atoms with Crippen LogP contribution in [-0.4, -0.2) is 30.0 Å². The van der Waals surface area contributed by atoms with Gasteiger partial charge in [-0.3, -0.25) is 9.78 Å². The maximum Gasteiger partial charge on any atom is 0.339 e. The van der Waals surface area contributed by atoms with Crippen molar-refractivity contribution in [2.45, 2.75) is 32.1 Å². The molecule has 1 amide bonds. The van der Waals surface area contributed by atoms with Gasteiger partial charge >= 0.3 is 5.97 Å². The summed E-state index contributed by atoms with van der Waals surface area (Å²) in [6, 6.07) is 17.6. The molecule has 1 atom stereocenters. The molecule has 1 aromatic heterocycles. The number of carbonyl (C=O) groups excluding carboxylic acids is 2. The van der Waals surface area contributed by atoms with Crippen LogP contribution in [0, 0.1) is 0 Å². The Kier molecular flexibility index (Phi) is 5.56. The fourth-order valence-corrected chi connectivity index (χ4v) is 3.86. The van der Waals surface area contributed by atoms with Crippen molar-refractivity contribution in [3.8, 4) is 0 Å². The zero-order valence-corrected chi connectivity index (χ0v) is 16.5. The van der Waals surface area contributed by atoms with Crippen LogP contribution in [0.4, 0.5) is 0 Å². The van der Waals surface area contributed by atoms with Crippen LogP contribution in [0.25, 0.3) is 10.9 Å². The molecular formula is C24H24N2O3. The first kappa shape index (κ1) is 19.1. The molecule has 1 aliphatic rings. The summed E-state index contributed by atoms with van der Waals surface area (Å²) in [6.07, 6.45) is 2.67. The summed E-state index contributed by atoms with van der Waals surface area (Å²) in [5, 5.41) is 3.64. The Hall–Kier alpha value is -3.21. The van der Waals surface area contributed by atoms with E-state index >= 15 is 0 Å². The molecule has 3 aromatic rings. The van der Waals surface area contributed by atoms with Crippen molar-refractivity contribution >= 4 is 22.8 Å². The van der Waals surface area contributed by atoms with E-state index in [0.29, 0.717) is 12.1 Å². The van der Waals surface area contributed by atoms with Crippen molar-refractivity contribution in [2.24, 2.45) is 0 Å². The Bertz CT molecular complexity index is 1050. The van der Waals surface area contributed by atoms with Crippen molar-refractivity contribution in [3.05, 3.63) is 77.0 Å². The minimum atomic E-state index is -0.451. The van der Waals surface area contributed by atoms with Crippen LogP contribution in [0.15, 0.2) is 54.6 Å². The molecule has 0 radical (unpaired) electrons. The zero-order chi connectivity index (χ0) is 20.2. The summed E-state index contributed by atoms with van der Waals surface area (Å²) in [5.41, 5.74) is 4.45. The first-order chi connectivity index (χ1) is 14.1. The number of benzene rings is 2. The lowest BCUT2D eigenvalue weighted by atomic mass is 10.0. The van der Waals surface area contributed by atoms with E-state index in [1.807, 2.05) is 61.5 Å². The minimum absolute atomic E-state index is 0.184. The predicted octanol–water partition coefficient (Wildman–Crippen LogP) is 3.80. The largest absolute Gasteiger partial charge is 0.452 e. The summed E-state index contributed by atoms with van der Waals surface area (Å²) in [5.74, 6) is -0.563. The van der Waals surface area contributed by atoms with Gasteiger partial charge in [0.1, 0.15) is 0 Å². The summed E-state index contributed by atoms with van der Waals surface area (Å²) in [6.45, 7) is 2.26. The van der Waals surface area contributed by atoms with E-state index in [1.165, 1.54) is 0 Å². The average Bonchev–Trinajstić information content (AvgIpc) is 3.22. The normalized spacial score (nSPS) is 13.7. The van der Waals surface area contributed by atoms with E-state index in [1.54, 1.807) is 0 Å². The second-order valence-electron chi connectivity index (χ2n) is 7.47. The van der Waals surface area contributed by atoms with Gasteiger partial charge in [-0.2, -0.15) is 0 Å². The van der Waals surface area contributed by atoms with E-state index in [9.17, 15) is 9.59 Å². The molecule has 1 heterocycles. The highest BCUT2D eigenvalue weighted by Crippen LogP contribution is 2.30. The smallest absolute Gasteiger partial charge is 0.339 e. The number of ether oxygens (including phenoxy) is 1. The van der Waals surface area contributed by atoms with Gasteiger partial charge in [-0.25, -0.2) is 4.79 Å². The predicted molar refractivity (Wildman–Crippen MR) is 112 cm³/mol. The van der Waals surface area contributed by atoms with Gasteiger partial charge in [0, 0.05) is 17.6 Å². The van der Waals surface area contributed by atoms with Gasteiger partial charge in [-0.1, -0.05) is 55.5 Å². The maximum atomic E-state index is 12.9. The number of rotatable bonds is 6. The number of amides is 1. The van der Waals surface area contributed by atoms with Gasteiger partial charge < -0.3 is 10.1 Å². The average molecular weight is 388 g/mol. The van der Waals surface area contributed by atoms with Crippen LogP contribution in [0.3, 0.4) is 0 Å². The van der Waals surface area contributed by atoms with E-state index in [2.05, 4.69) is 10.3 Å². The van der Waals surface area contributed by atoms with E-state index in [-0.39, 0.29) is 18.4 Å². The number of fused-ring (bicyclic) bond motifs is 2. The SMILES string of the molecule is C[C@H](CNC(=O)COC(=O)c1c2c(nc3ccccc13)CCC2)c1ccccc1. The van der Waals surface area contributed by atoms with Crippen LogP contribution in [0.2, 0.25) is 0 Å². The highest BCUT2D eigenvalue weighted by Gasteiger charge is 2.25. The van der Waals surface area contributed by atoms with Gasteiger partial charge in [0.05, 0.1) is 11.1 Å². The van der Waals surface area contributed by atoms with Crippen molar-refractivity contribution in [3.63, 3.8) is 0 Å². The number of carbonyl (C=O) groups is 2. The summed E-state index contributed by atoms with van der Waals surface area (Å²) in [4.78, 5) is 29.7. The van der Waals surface area contributed by atoms with E-state index in [0.717, 1.165) is 47.0 Å². The van der Waals surface area contributed by atoms with Crippen molar-refractivity contribution in [1.82, 2.24) is 10.3 Å². The Morgan fingerprint density at radius 3 is 2.66 bits per heavy atom. The van der Waals surface area contributed by atoms with Crippen LogP contribution in [0.5, 0.6) is 0 Å². The first-order valence-electron chi connectivity index (χ1n) is 10.0. The second kappa shape index (κ2) is 8.43. The van der Waals surface area contributed by atoms with Gasteiger partial charge in [-0.15, -0.1) is 0 Å². The molecule has 148 valence electrons. The van der Waals surface area contributed by atoms with E-state index in [4.69, 9.17) is 4.74 Å². The quantitative estimate of drug-likeness (QED) is 0.652. The van der Waals surface area contributed by atoms with Crippen LogP contribution in [-0.2, 0) is 22.4 Å². The summed E-state index contributed by atoms with van der Waals surface area (Å²) < 4.78 is 5.38. The van der Waals surface area contributed by atoms with Gasteiger partial charge in [-0.05, 0) is 42.4 Å². The molecule has 1 N–H and O–H groups in total. The molecule has 4 rings (SSSR count). The number of nitrogens with one attached hydrogen (secondary N) is 1. The Balaban J connectivity index is 1.41. The topological polar surface area (TPSA) is 68.3 Å². The molecule has 0 fully saturated rings. The molecule has 0 bridgehead atoms. The number of hydrogen-bond acceptors (Lipinski definition) is 4. The lowest BCUT2D eigenvalue weighted by Crippen LogP contribution is -2.31. The Morgan fingerprint density at radius 2 is 1.83 bits per heavy atom. The summed E-state index contributed by atoms with van der Waals surface area (Å²) in [7, 11) is 0. The lowest BCUT2D eigenvalue weighted by molar-refractivity contribution is -0.124. The summed E-state index contributed by atoms with van der Waals surface area (Å²) >= 11 is 0. The van der Waals surface area contributed by atoms with Gasteiger partial charge in [0.15, 0.2) is 6.61 Å². The Labute approximate surface area is 170 Å². The van der Waals surface area contributed by atoms with E-state index < -0.39 is 5.97 Å². The molecule has 29 heavy (non-hydrogen) atoms. The third-order valence-corrected chi connectivity index (χ3v) is 5.43. The lowest BCUT2D eigenvalue weighted by Gasteiger charge is -2.14. The molecule has 0 saturated heterocycles. The number of pyridine rings is 1. The maximum absolute atomic E-state index is 12.9.